The number of alkyl halides is 3. The van der Waals surface area contributed by atoms with E-state index in [2.05, 4.69) is 5.32 Å². The highest BCUT2D eigenvalue weighted by molar-refractivity contribution is 6.31. The molecule has 1 atom stereocenters. The third-order valence-electron chi connectivity index (χ3n) is 2.58. The summed E-state index contributed by atoms with van der Waals surface area (Å²) >= 11 is 5.85. The lowest BCUT2D eigenvalue weighted by Crippen LogP contribution is -2.26. The van der Waals surface area contributed by atoms with Gasteiger partial charge in [0.05, 0.1) is 5.56 Å². The van der Waals surface area contributed by atoms with E-state index in [0.717, 1.165) is 12.1 Å². The number of halogens is 4. The molecule has 0 fully saturated rings. The van der Waals surface area contributed by atoms with Crippen molar-refractivity contribution in [2.45, 2.75) is 32.1 Å². The van der Waals surface area contributed by atoms with Crippen LogP contribution in [-0.4, -0.2) is 17.8 Å². The second-order valence-electron chi connectivity index (χ2n) is 4.10. The third kappa shape index (κ3) is 4.48. The van der Waals surface area contributed by atoms with Crippen LogP contribution >= 0.6 is 11.6 Å². The number of hydrogen-bond donors (Lipinski definition) is 2. The summed E-state index contributed by atoms with van der Waals surface area (Å²) in [7, 11) is 0. The van der Waals surface area contributed by atoms with Gasteiger partial charge in [0.1, 0.15) is 0 Å². The molecule has 102 valence electrons. The summed E-state index contributed by atoms with van der Waals surface area (Å²) in [5.74, 6) is 0. The molecule has 1 unspecified atom stereocenters. The van der Waals surface area contributed by atoms with Gasteiger partial charge in [-0.15, -0.1) is 0 Å². The quantitative estimate of drug-likeness (QED) is 0.868. The zero-order valence-corrected chi connectivity index (χ0v) is 10.6. The maximum absolute atomic E-state index is 12.5. The minimum Gasteiger partial charge on any atom is -0.396 e. The molecule has 0 radical (unpaired) electrons. The van der Waals surface area contributed by atoms with Gasteiger partial charge in [0, 0.05) is 24.2 Å². The first-order valence-corrected chi connectivity index (χ1v) is 5.92. The SMILES string of the molecule is CC(CCO)NCc1cc(C(F)(F)F)ccc1Cl. The van der Waals surface area contributed by atoms with Gasteiger partial charge in [-0.2, -0.15) is 13.2 Å². The van der Waals surface area contributed by atoms with E-state index in [0.29, 0.717) is 17.0 Å². The second-order valence-corrected chi connectivity index (χ2v) is 4.51. The number of aliphatic hydroxyl groups excluding tert-OH is 1. The van der Waals surface area contributed by atoms with E-state index in [-0.39, 0.29) is 19.2 Å². The zero-order valence-electron chi connectivity index (χ0n) is 9.89. The number of aliphatic hydroxyl groups is 1. The number of hydrogen-bond acceptors (Lipinski definition) is 2. The molecule has 1 rings (SSSR count). The molecule has 0 aliphatic heterocycles. The van der Waals surface area contributed by atoms with Gasteiger partial charge in [-0.25, -0.2) is 0 Å². The molecule has 0 saturated heterocycles. The van der Waals surface area contributed by atoms with Crippen molar-refractivity contribution in [3.05, 3.63) is 34.3 Å². The Morgan fingerprint density at radius 1 is 1.39 bits per heavy atom. The zero-order chi connectivity index (χ0) is 13.8. The minimum atomic E-state index is -4.37. The van der Waals surface area contributed by atoms with Crippen LogP contribution in [0.1, 0.15) is 24.5 Å². The molecular weight excluding hydrogens is 267 g/mol. The maximum atomic E-state index is 12.5. The van der Waals surface area contributed by atoms with E-state index in [1.54, 1.807) is 0 Å². The Balaban J connectivity index is 2.76. The van der Waals surface area contributed by atoms with Crippen molar-refractivity contribution in [2.75, 3.05) is 6.61 Å². The molecule has 0 saturated carbocycles. The standard InChI is InChI=1S/C12H15ClF3NO/c1-8(4-5-18)17-7-9-6-10(12(14,15)16)2-3-11(9)13/h2-3,6,8,17-18H,4-5,7H2,1H3. The molecule has 2 N–H and O–H groups in total. The fraction of sp³-hybridized carbons (Fsp3) is 0.500. The van der Waals surface area contributed by atoms with Crippen molar-refractivity contribution < 1.29 is 18.3 Å². The van der Waals surface area contributed by atoms with E-state index in [1.807, 2.05) is 6.92 Å². The molecule has 0 aromatic heterocycles. The van der Waals surface area contributed by atoms with E-state index in [4.69, 9.17) is 16.7 Å². The van der Waals surface area contributed by atoms with Crippen LogP contribution in [0.3, 0.4) is 0 Å². The highest BCUT2D eigenvalue weighted by Gasteiger charge is 2.30. The lowest BCUT2D eigenvalue weighted by atomic mass is 10.1. The smallest absolute Gasteiger partial charge is 0.396 e. The topological polar surface area (TPSA) is 32.3 Å². The summed E-state index contributed by atoms with van der Waals surface area (Å²) in [6, 6.07) is 3.27. The average molecular weight is 282 g/mol. The molecular formula is C12H15ClF3NO. The summed E-state index contributed by atoms with van der Waals surface area (Å²) in [4.78, 5) is 0. The highest BCUT2D eigenvalue weighted by atomic mass is 35.5. The summed E-state index contributed by atoms with van der Waals surface area (Å²) in [5, 5.41) is 12.0. The van der Waals surface area contributed by atoms with Crippen LogP contribution in [0.15, 0.2) is 18.2 Å². The molecule has 1 aromatic rings. The Labute approximate surface area is 109 Å². The van der Waals surface area contributed by atoms with Crippen molar-refractivity contribution in [1.82, 2.24) is 5.32 Å². The fourth-order valence-corrected chi connectivity index (χ4v) is 1.65. The predicted octanol–water partition coefficient (Wildman–Crippen LogP) is 3.22. The summed E-state index contributed by atoms with van der Waals surface area (Å²) in [6.45, 7) is 2.12. The first kappa shape index (κ1) is 15.3. The molecule has 0 bridgehead atoms. The number of nitrogens with one attached hydrogen (secondary N) is 1. The van der Waals surface area contributed by atoms with Gasteiger partial charge in [0.15, 0.2) is 0 Å². The third-order valence-corrected chi connectivity index (χ3v) is 2.94. The predicted molar refractivity (Wildman–Crippen MR) is 64.5 cm³/mol. The fourth-order valence-electron chi connectivity index (χ4n) is 1.47. The minimum absolute atomic E-state index is 0.0145. The molecule has 0 aliphatic carbocycles. The Bertz CT molecular complexity index is 395. The second kappa shape index (κ2) is 6.41. The van der Waals surface area contributed by atoms with Gasteiger partial charge in [-0.1, -0.05) is 11.6 Å². The van der Waals surface area contributed by atoms with Gasteiger partial charge in [-0.3, -0.25) is 0 Å². The van der Waals surface area contributed by atoms with Crippen molar-refractivity contribution in [3.63, 3.8) is 0 Å². The van der Waals surface area contributed by atoms with Crippen molar-refractivity contribution in [1.29, 1.82) is 0 Å². The Hall–Kier alpha value is -0.780. The van der Waals surface area contributed by atoms with E-state index < -0.39 is 11.7 Å². The van der Waals surface area contributed by atoms with Crippen LogP contribution in [0.5, 0.6) is 0 Å². The van der Waals surface area contributed by atoms with Crippen LogP contribution in [0.25, 0.3) is 0 Å². The average Bonchev–Trinajstić information content (AvgIpc) is 2.26. The maximum Gasteiger partial charge on any atom is 0.416 e. The van der Waals surface area contributed by atoms with E-state index in [9.17, 15) is 13.2 Å². The van der Waals surface area contributed by atoms with Crippen molar-refractivity contribution >= 4 is 11.6 Å². The summed E-state index contributed by atoms with van der Waals surface area (Å²) in [6.07, 6.45) is -3.83. The van der Waals surface area contributed by atoms with Crippen molar-refractivity contribution in [3.8, 4) is 0 Å². The van der Waals surface area contributed by atoms with Crippen LogP contribution < -0.4 is 5.32 Å². The van der Waals surface area contributed by atoms with Gasteiger partial charge < -0.3 is 10.4 Å². The van der Waals surface area contributed by atoms with Gasteiger partial charge >= 0.3 is 6.18 Å². The van der Waals surface area contributed by atoms with Crippen LogP contribution in [0, 0.1) is 0 Å². The van der Waals surface area contributed by atoms with Gasteiger partial charge in [0.25, 0.3) is 0 Å². The monoisotopic (exact) mass is 281 g/mol. The van der Waals surface area contributed by atoms with Crippen LogP contribution in [0.4, 0.5) is 13.2 Å². The lowest BCUT2D eigenvalue weighted by Gasteiger charge is -2.14. The van der Waals surface area contributed by atoms with E-state index in [1.165, 1.54) is 6.07 Å². The van der Waals surface area contributed by atoms with Crippen LogP contribution in [-0.2, 0) is 12.7 Å². The molecule has 0 spiro atoms. The molecule has 1 aromatic carbocycles. The Morgan fingerprint density at radius 3 is 2.61 bits per heavy atom. The normalized spacial score (nSPS) is 13.7. The molecule has 6 heteroatoms. The number of benzene rings is 1. The summed E-state index contributed by atoms with van der Waals surface area (Å²) in [5.41, 5.74) is -0.310. The molecule has 0 amide bonds. The summed E-state index contributed by atoms with van der Waals surface area (Å²) < 4.78 is 37.6. The Morgan fingerprint density at radius 2 is 2.06 bits per heavy atom. The first-order valence-electron chi connectivity index (χ1n) is 5.54. The van der Waals surface area contributed by atoms with Gasteiger partial charge in [-0.05, 0) is 37.1 Å². The highest BCUT2D eigenvalue weighted by Crippen LogP contribution is 2.31. The Kier molecular flexibility index (Phi) is 5.44. The largest absolute Gasteiger partial charge is 0.416 e. The van der Waals surface area contributed by atoms with Gasteiger partial charge in [0.2, 0.25) is 0 Å². The van der Waals surface area contributed by atoms with Crippen molar-refractivity contribution in [2.24, 2.45) is 0 Å². The molecule has 2 nitrogen and oxygen atoms in total. The van der Waals surface area contributed by atoms with Crippen LogP contribution in [0.2, 0.25) is 5.02 Å². The first-order chi connectivity index (χ1) is 8.34. The molecule has 0 aliphatic rings. The van der Waals surface area contributed by atoms with E-state index >= 15 is 0 Å². The number of rotatable bonds is 5. The molecule has 0 heterocycles. The lowest BCUT2D eigenvalue weighted by molar-refractivity contribution is -0.137. The molecule has 18 heavy (non-hydrogen) atoms.